The first-order valence-electron chi connectivity index (χ1n) is 4.09. The first-order chi connectivity index (χ1) is 7.10. The normalized spacial score (nSPS) is 10.4. The Bertz CT molecular complexity index is 376. The molecule has 0 aliphatic heterocycles. The number of ether oxygens (including phenoxy) is 1. The molecule has 0 bridgehead atoms. The van der Waals surface area contributed by atoms with E-state index in [1.54, 1.807) is 6.92 Å². The number of halogens is 2. The van der Waals surface area contributed by atoms with Crippen molar-refractivity contribution >= 4 is 12.3 Å². The fourth-order valence-electron chi connectivity index (χ4n) is 0.950. The van der Waals surface area contributed by atoms with Crippen LogP contribution in [0.1, 0.15) is 34.3 Å². The van der Waals surface area contributed by atoms with Crippen molar-refractivity contribution < 1.29 is 23.1 Å². The number of aromatic nitrogens is 2. The third-order valence-electron chi connectivity index (χ3n) is 1.56. The zero-order chi connectivity index (χ0) is 11.4. The van der Waals surface area contributed by atoms with Gasteiger partial charge in [0.25, 0.3) is 0 Å². The van der Waals surface area contributed by atoms with E-state index in [1.807, 2.05) is 0 Å². The topological polar surface area (TPSA) is 61.2 Å². The predicted octanol–water partition coefficient (Wildman–Crippen LogP) is 1.27. The summed E-state index contributed by atoms with van der Waals surface area (Å²) in [5, 5.41) is 3.26. The molecule has 0 N–H and O–H groups in total. The fraction of sp³-hybridized carbons (Fsp3) is 0.375. The minimum absolute atomic E-state index is 0.0820. The lowest BCUT2D eigenvalue weighted by molar-refractivity contribution is 0.0480. The molecule has 0 spiro atoms. The molecule has 1 rings (SSSR count). The molecule has 0 saturated carbocycles. The lowest BCUT2D eigenvalue weighted by Gasteiger charge is -1.98. The number of hydrogen-bond acceptors (Lipinski definition) is 4. The Morgan fingerprint density at radius 1 is 1.73 bits per heavy atom. The minimum atomic E-state index is -2.90. The first-order valence-corrected chi connectivity index (χ1v) is 4.09. The highest BCUT2D eigenvalue weighted by Crippen LogP contribution is 2.13. The van der Waals surface area contributed by atoms with Crippen LogP contribution in [0.25, 0.3) is 0 Å². The molecule has 0 saturated heterocycles. The van der Waals surface area contributed by atoms with E-state index in [0.29, 0.717) is 0 Å². The maximum atomic E-state index is 12.2. The summed E-state index contributed by atoms with van der Waals surface area (Å²) in [5.41, 5.74) is -0.610. The van der Waals surface area contributed by atoms with Crippen LogP contribution in [0.2, 0.25) is 0 Å². The zero-order valence-corrected chi connectivity index (χ0v) is 7.81. The second kappa shape index (κ2) is 4.63. The number of carbonyl (C=O) groups is 2. The fourth-order valence-corrected chi connectivity index (χ4v) is 0.950. The lowest BCUT2D eigenvalue weighted by atomic mass is 10.3. The third-order valence-corrected chi connectivity index (χ3v) is 1.56. The monoisotopic (exact) mass is 218 g/mol. The highest BCUT2D eigenvalue weighted by atomic mass is 19.3. The number of esters is 1. The molecule has 15 heavy (non-hydrogen) atoms. The van der Waals surface area contributed by atoms with Crippen LogP contribution in [-0.4, -0.2) is 28.6 Å². The van der Waals surface area contributed by atoms with Crippen molar-refractivity contribution in [3.05, 3.63) is 17.5 Å². The number of nitrogens with zero attached hydrogens (tertiary/aromatic N) is 2. The summed E-state index contributed by atoms with van der Waals surface area (Å²) in [6.07, 6.45) is 1.07. The Morgan fingerprint density at radius 3 is 2.87 bits per heavy atom. The number of carbonyl (C=O) groups excluding carboxylic acids is 2. The molecule has 0 radical (unpaired) electrons. The molecule has 0 aliphatic rings. The van der Waals surface area contributed by atoms with Gasteiger partial charge in [0.05, 0.1) is 12.2 Å². The Kier molecular flexibility index (Phi) is 3.48. The van der Waals surface area contributed by atoms with Gasteiger partial charge in [-0.25, -0.2) is 9.48 Å². The van der Waals surface area contributed by atoms with E-state index in [4.69, 9.17) is 0 Å². The maximum absolute atomic E-state index is 12.2. The van der Waals surface area contributed by atoms with E-state index in [9.17, 15) is 18.4 Å². The van der Waals surface area contributed by atoms with Gasteiger partial charge in [0, 0.05) is 6.20 Å². The van der Waals surface area contributed by atoms with E-state index in [1.165, 1.54) is 0 Å². The number of aldehydes is 1. The number of rotatable bonds is 4. The molecule has 0 amide bonds. The van der Waals surface area contributed by atoms with Crippen LogP contribution in [0.5, 0.6) is 0 Å². The largest absolute Gasteiger partial charge is 0.461 e. The van der Waals surface area contributed by atoms with Crippen LogP contribution in [0.3, 0.4) is 0 Å². The summed E-state index contributed by atoms with van der Waals surface area (Å²) in [6, 6.07) is 0. The van der Waals surface area contributed by atoms with Crippen molar-refractivity contribution in [2.24, 2.45) is 0 Å². The van der Waals surface area contributed by atoms with E-state index >= 15 is 0 Å². The molecule has 82 valence electrons. The van der Waals surface area contributed by atoms with Gasteiger partial charge in [-0.3, -0.25) is 4.79 Å². The zero-order valence-electron chi connectivity index (χ0n) is 7.81. The van der Waals surface area contributed by atoms with Gasteiger partial charge in [0.2, 0.25) is 0 Å². The predicted molar refractivity (Wildman–Crippen MR) is 44.8 cm³/mol. The molecule has 1 aromatic rings. The number of hydrogen-bond donors (Lipinski definition) is 0. The van der Waals surface area contributed by atoms with Crippen LogP contribution >= 0.6 is 0 Å². The lowest BCUT2D eigenvalue weighted by Crippen LogP contribution is -2.09. The van der Waals surface area contributed by atoms with Crippen LogP contribution < -0.4 is 0 Å². The molecular formula is C8H8F2N2O3. The molecule has 0 atom stereocenters. The van der Waals surface area contributed by atoms with Crippen LogP contribution in [-0.2, 0) is 4.74 Å². The van der Waals surface area contributed by atoms with Crippen LogP contribution in [0.15, 0.2) is 6.20 Å². The van der Waals surface area contributed by atoms with E-state index < -0.39 is 18.2 Å². The van der Waals surface area contributed by atoms with Gasteiger partial charge in [-0.1, -0.05) is 0 Å². The summed E-state index contributed by atoms with van der Waals surface area (Å²) >= 11 is 0. The molecule has 5 nitrogen and oxygen atoms in total. The maximum Gasteiger partial charge on any atom is 0.359 e. The first kappa shape index (κ1) is 11.3. The molecule has 0 fully saturated rings. The highest BCUT2D eigenvalue weighted by Gasteiger charge is 2.20. The van der Waals surface area contributed by atoms with E-state index in [2.05, 4.69) is 9.84 Å². The van der Waals surface area contributed by atoms with Gasteiger partial charge >= 0.3 is 12.5 Å². The van der Waals surface area contributed by atoms with Gasteiger partial charge in [0.1, 0.15) is 0 Å². The van der Waals surface area contributed by atoms with Crippen LogP contribution in [0, 0.1) is 0 Å². The van der Waals surface area contributed by atoms with Crippen molar-refractivity contribution in [1.29, 1.82) is 0 Å². The molecule has 1 heterocycles. The summed E-state index contributed by atoms with van der Waals surface area (Å²) in [4.78, 5) is 21.6. The second-order valence-corrected chi connectivity index (χ2v) is 2.53. The summed E-state index contributed by atoms with van der Waals surface area (Å²) < 4.78 is 29.1. The van der Waals surface area contributed by atoms with Gasteiger partial charge in [-0.2, -0.15) is 13.9 Å². The van der Waals surface area contributed by atoms with Crippen molar-refractivity contribution in [1.82, 2.24) is 9.78 Å². The summed E-state index contributed by atoms with van der Waals surface area (Å²) in [5.74, 6) is -0.890. The van der Waals surface area contributed by atoms with E-state index in [-0.39, 0.29) is 23.1 Å². The second-order valence-electron chi connectivity index (χ2n) is 2.53. The Labute approximate surface area is 83.6 Å². The van der Waals surface area contributed by atoms with Gasteiger partial charge in [-0.15, -0.1) is 0 Å². The highest BCUT2D eigenvalue weighted by molar-refractivity contribution is 5.96. The van der Waals surface area contributed by atoms with E-state index in [0.717, 1.165) is 6.20 Å². The average molecular weight is 218 g/mol. The van der Waals surface area contributed by atoms with Crippen molar-refractivity contribution in [2.45, 2.75) is 13.5 Å². The summed E-state index contributed by atoms with van der Waals surface area (Å²) in [7, 11) is 0. The van der Waals surface area contributed by atoms with Gasteiger partial charge < -0.3 is 4.74 Å². The molecule has 7 heteroatoms. The standard InChI is InChI=1S/C8H8F2N2O3/c1-2-15-7(14)6-5(4-13)3-12(11-6)8(9)10/h3-4,8H,2H2,1H3. The SMILES string of the molecule is CCOC(=O)c1nn(C(F)F)cc1C=O. The molecular weight excluding hydrogens is 210 g/mol. The smallest absolute Gasteiger partial charge is 0.359 e. The molecule has 0 unspecified atom stereocenters. The Balaban J connectivity index is 3.05. The Morgan fingerprint density at radius 2 is 2.40 bits per heavy atom. The molecule has 1 aromatic heterocycles. The van der Waals surface area contributed by atoms with Crippen LogP contribution in [0.4, 0.5) is 8.78 Å². The molecule has 0 aromatic carbocycles. The van der Waals surface area contributed by atoms with Gasteiger partial charge in [-0.05, 0) is 6.92 Å². The average Bonchev–Trinajstić information content (AvgIpc) is 2.61. The number of alkyl halides is 2. The molecule has 0 aliphatic carbocycles. The minimum Gasteiger partial charge on any atom is -0.461 e. The quantitative estimate of drug-likeness (QED) is 0.564. The summed E-state index contributed by atoms with van der Waals surface area (Å²) in [6.45, 7) is -1.26. The van der Waals surface area contributed by atoms with Crippen molar-refractivity contribution in [2.75, 3.05) is 6.61 Å². The van der Waals surface area contributed by atoms with Gasteiger partial charge in [0.15, 0.2) is 12.0 Å². The third kappa shape index (κ3) is 2.36. The van der Waals surface area contributed by atoms with Crippen molar-refractivity contribution in [3.63, 3.8) is 0 Å². The van der Waals surface area contributed by atoms with Crippen molar-refractivity contribution in [3.8, 4) is 0 Å². The Hall–Kier alpha value is -1.79.